The molecule has 1 aliphatic rings. The van der Waals surface area contributed by atoms with Gasteiger partial charge in [0.15, 0.2) is 11.5 Å². The highest BCUT2D eigenvalue weighted by atomic mass is 32.2. The van der Waals surface area contributed by atoms with E-state index in [1.807, 2.05) is 25.1 Å². The van der Waals surface area contributed by atoms with E-state index < -0.39 is 0 Å². The number of carbonyl (C=O) groups excluding carboxylic acids is 1. The summed E-state index contributed by atoms with van der Waals surface area (Å²) in [5.74, 6) is 1.54. The molecule has 1 aromatic rings. The molecule has 1 aromatic carbocycles. The number of hydrogen-bond donors (Lipinski definition) is 0. The lowest BCUT2D eigenvalue weighted by Gasteiger charge is -2.16. The van der Waals surface area contributed by atoms with Crippen molar-refractivity contribution in [2.45, 2.75) is 25.0 Å². The first-order valence-electron chi connectivity index (χ1n) is 6.83. The van der Waals surface area contributed by atoms with Crippen LogP contribution < -0.4 is 9.47 Å². The molecule has 2 rings (SSSR count). The number of ether oxygens (including phenoxy) is 2. The summed E-state index contributed by atoms with van der Waals surface area (Å²) in [4.78, 5) is 13.9. The smallest absolute Gasteiger partial charge is 0.241 e. The van der Waals surface area contributed by atoms with E-state index in [1.54, 1.807) is 19.1 Å². The SMILES string of the molecule is CCC1SC(=S)N(CCc2ccc(OC)c(OC)c2)C1=O. The molecule has 1 unspecified atom stereocenters. The second-order valence-corrected chi connectivity index (χ2v) is 6.55. The molecule has 0 spiro atoms. The maximum Gasteiger partial charge on any atom is 0.241 e. The van der Waals surface area contributed by atoms with Crippen molar-refractivity contribution >= 4 is 34.2 Å². The van der Waals surface area contributed by atoms with Gasteiger partial charge in [-0.15, -0.1) is 0 Å². The average Bonchev–Trinajstić information content (AvgIpc) is 2.78. The molecule has 0 aromatic heterocycles. The third-order valence-electron chi connectivity index (χ3n) is 3.45. The second kappa shape index (κ2) is 7.13. The Bertz CT molecular complexity index is 548. The van der Waals surface area contributed by atoms with Gasteiger partial charge in [-0.1, -0.05) is 37.0 Å². The van der Waals surface area contributed by atoms with Crippen molar-refractivity contribution < 1.29 is 14.3 Å². The topological polar surface area (TPSA) is 38.8 Å². The van der Waals surface area contributed by atoms with Gasteiger partial charge >= 0.3 is 0 Å². The van der Waals surface area contributed by atoms with E-state index in [9.17, 15) is 4.79 Å². The zero-order chi connectivity index (χ0) is 15.4. The normalized spacial score (nSPS) is 18.2. The van der Waals surface area contributed by atoms with Gasteiger partial charge < -0.3 is 9.47 Å². The lowest BCUT2D eigenvalue weighted by molar-refractivity contribution is -0.126. The molecule has 0 N–H and O–H groups in total. The van der Waals surface area contributed by atoms with E-state index in [4.69, 9.17) is 21.7 Å². The summed E-state index contributed by atoms with van der Waals surface area (Å²) in [6.07, 6.45) is 1.56. The van der Waals surface area contributed by atoms with Gasteiger partial charge in [0.2, 0.25) is 5.91 Å². The molecule has 6 heteroatoms. The summed E-state index contributed by atoms with van der Waals surface area (Å²) in [7, 11) is 3.23. The van der Waals surface area contributed by atoms with Crippen LogP contribution in [0.3, 0.4) is 0 Å². The first-order chi connectivity index (χ1) is 10.1. The van der Waals surface area contributed by atoms with Crippen LogP contribution in [-0.4, -0.2) is 41.1 Å². The Morgan fingerprint density at radius 1 is 1.29 bits per heavy atom. The van der Waals surface area contributed by atoms with Crippen LogP contribution in [0, 0.1) is 0 Å². The number of amides is 1. The van der Waals surface area contributed by atoms with Crippen molar-refractivity contribution in [3.05, 3.63) is 23.8 Å². The first kappa shape index (κ1) is 16.1. The maximum atomic E-state index is 12.2. The van der Waals surface area contributed by atoms with Crippen LogP contribution in [0.15, 0.2) is 18.2 Å². The molecule has 1 fully saturated rings. The van der Waals surface area contributed by atoms with Gasteiger partial charge in [0.1, 0.15) is 4.32 Å². The monoisotopic (exact) mass is 325 g/mol. The third-order valence-corrected chi connectivity index (χ3v) is 5.20. The van der Waals surface area contributed by atoms with Crippen molar-refractivity contribution in [3.8, 4) is 11.5 Å². The maximum absolute atomic E-state index is 12.2. The molecule has 21 heavy (non-hydrogen) atoms. The van der Waals surface area contributed by atoms with Gasteiger partial charge in [0.25, 0.3) is 0 Å². The Morgan fingerprint density at radius 3 is 2.57 bits per heavy atom. The predicted octanol–water partition coefficient (Wildman–Crippen LogP) is 2.89. The van der Waals surface area contributed by atoms with Crippen molar-refractivity contribution in [2.75, 3.05) is 20.8 Å². The highest BCUT2D eigenvalue weighted by molar-refractivity contribution is 8.24. The van der Waals surface area contributed by atoms with Crippen LogP contribution in [0.1, 0.15) is 18.9 Å². The summed E-state index contributed by atoms with van der Waals surface area (Å²) in [6.45, 7) is 2.62. The molecule has 4 nitrogen and oxygen atoms in total. The standard InChI is InChI=1S/C15H19NO3S2/c1-4-13-14(17)16(15(20)21-13)8-7-10-5-6-11(18-2)12(9-10)19-3/h5-6,9,13H,4,7-8H2,1-3H3. The number of benzene rings is 1. The van der Waals surface area contributed by atoms with E-state index in [-0.39, 0.29) is 11.2 Å². The zero-order valence-corrected chi connectivity index (χ0v) is 14.1. The molecule has 0 aliphatic carbocycles. The highest BCUT2D eigenvalue weighted by Gasteiger charge is 2.35. The largest absolute Gasteiger partial charge is 0.493 e. The summed E-state index contributed by atoms with van der Waals surface area (Å²) < 4.78 is 11.2. The fourth-order valence-electron chi connectivity index (χ4n) is 2.24. The molecule has 0 saturated carbocycles. The molecule has 1 saturated heterocycles. The van der Waals surface area contributed by atoms with Crippen LogP contribution in [0.2, 0.25) is 0 Å². The van der Waals surface area contributed by atoms with Crippen molar-refractivity contribution in [3.63, 3.8) is 0 Å². The molecule has 1 atom stereocenters. The van der Waals surface area contributed by atoms with Gasteiger partial charge in [-0.05, 0) is 30.5 Å². The molecule has 0 bridgehead atoms. The molecule has 1 amide bonds. The zero-order valence-electron chi connectivity index (χ0n) is 12.4. The summed E-state index contributed by atoms with van der Waals surface area (Å²) in [5.41, 5.74) is 1.09. The fraction of sp³-hybridized carbons (Fsp3) is 0.467. The third kappa shape index (κ3) is 3.49. The van der Waals surface area contributed by atoms with Crippen molar-refractivity contribution in [1.29, 1.82) is 0 Å². The minimum absolute atomic E-state index is 0.0112. The van der Waals surface area contributed by atoms with Gasteiger partial charge in [0.05, 0.1) is 19.5 Å². The van der Waals surface area contributed by atoms with Crippen LogP contribution in [0.4, 0.5) is 0 Å². The average molecular weight is 325 g/mol. The van der Waals surface area contributed by atoms with Crippen molar-refractivity contribution in [1.82, 2.24) is 4.90 Å². The van der Waals surface area contributed by atoms with Gasteiger partial charge in [-0.3, -0.25) is 9.69 Å². The fourth-order valence-corrected chi connectivity index (χ4v) is 3.71. The summed E-state index contributed by atoms with van der Waals surface area (Å²) >= 11 is 6.78. The van der Waals surface area contributed by atoms with Gasteiger partial charge in [-0.2, -0.15) is 0 Å². The lowest BCUT2D eigenvalue weighted by Crippen LogP contribution is -2.33. The summed E-state index contributed by atoms with van der Waals surface area (Å²) in [5, 5.41) is -0.0112. The number of nitrogens with zero attached hydrogens (tertiary/aromatic N) is 1. The number of thioether (sulfide) groups is 1. The number of carbonyl (C=O) groups is 1. The highest BCUT2D eigenvalue weighted by Crippen LogP contribution is 2.30. The van der Waals surface area contributed by atoms with E-state index in [1.165, 1.54) is 11.8 Å². The lowest BCUT2D eigenvalue weighted by atomic mass is 10.1. The molecular formula is C15H19NO3S2. The number of hydrogen-bond acceptors (Lipinski definition) is 5. The molecular weight excluding hydrogens is 306 g/mol. The van der Waals surface area contributed by atoms with Crippen molar-refractivity contribution in [2.24, 2.45) is 0 Å². The minimum atomic E-state index is -0.0112. The van der Waals surface area contributed by atoms with E-state index in [0.717, 1.165) is 18.4 Å². The summed E-state index contributed by atoms with van der Waals surface area (Å²) in [6, 6.07) is 5.80. The first-order valence-corrected chi connectivity index (χ1v) is 8.12. The Kier molecular flexibility index (Phi) is 5.47. The molecule has 114 valence electrons. The van der Waals surface area contributed by atoms with Crippen LogP contribution in [0.25, 0.3) is 0 Å². The van der Waals surface area contributed by atoms with Crippen LogP contribution in [-0.2, 0) is 11.2 Å². The van der Waals surface area contributed by atoms with E-state index in [0.29, 0.717) is 22.4 Å². The van der Waals surface area contributed by atoms with Crippen LogP contribution in [0.5, 0.6) is 11.5 Å². The Labute approximate surface area is 134 Å². The number of methoxy groups -OCH3 is 2. The molecule has 0 radical (unpaired) electrons. The van der Waals surface area contributed by atoms with Gasteiger partial charge in [-0.25, -0.2) is 0 Å². The molecule has 1 heterocycles. The van der Waals surface area contributed by atoms with Crippen LogP contribution >= 0.6 is 24.0 Å². The second-order valence-electron chi connectivity index (χ2n) is 4.71. The Balaban J connectivity index is 2.03. The molecule has 1 aliphatic heterocycles. The number of rotatable bonds is 6. The van der Waals surface area contributed by atoms with Gasteiger partial charge in [0, 0.05) is 6.54 Å². The number of thiocarbonyl (C=S) groups is 1. The minimum Gasteiger partial charge on any atom is -0.493 e. The van der Waals surface area contributed by atoms with E-state index in [2.05, 4.69) is 0 Å². The Hall–Kier alpha value is -1.27. The predicted molar refractivity (Wildman–Crippen MR) is 89.2 cm³/mol. The Morgan fingerprint density at radius 2 is 2.00 bits per heavy atom. The van der Waals surface area contributed by atoms with E-state index >= 15 is 0 Å². The quantitative estimate of drug-likeness (QED) is 0.752.